The maximum Gasteiger partial charge on any atom is 0.298 e. The number of hydrogen-bond donors (Lipinski definition) is 1. The molecule has 1 aromatic carbocycles. The molecule has 58 valence electrons. The molecule has 0 heterocycles. The van der Waals surface area contributed by atoms with Crippen LogP contribution in [-0.4, -0.2) is 11.6 Å². The summed E-state index contributed by atoms with van der Waals surface area (Å²) in [6.45, 7) is 2.12. The zero-order valence-corrected chi connectivity index (χ0v) is 6.07. The van der Waals surface area contributed by atoms with Crippen molar-refractivity contribution in [3.05, 3.63) is 23.8 Å². The number of ether oxygens (including phenoxy) is 1. The van der Waals surface area contributed by atoms with Gasteiger partial charge in [0.1, 0.15) is 0 Å². The van der Waals surface area contributed by atoms with Crippen LogP contribution in [0.4, 0.5) is 0 Å². The molecule has 1 aromatic rings. The maximum atomic E-state index is 9.88. The van der Waals surface area contributed by atoms with Crippen LogP contribution < -0.4 is 4.74 Å². The van der Waals surface area contributed by atoms with Crippen LogP contribution in [0.3, 0.4) is 0 Å². The number of phenolic OH excluding ortho intramolecular Hbond substituents is 1. The summed E-state index contributed by atoms with van der Waals surface area (Å²) in [6.07, 6.45) is 0. The van der Waals surface area contributed by atoms with Gasteiger partial charge in [0, 0.05) is 0 Å². The molecule has 1 N–H and O–H groups in total. The molecule has 3 heteroatoms. The van der Waals surface area contributed by atoms with Gasteiger partial charge in [0.2, 0.25) is 0 Å². The summed E-state index contributed by atoms with van der Waals surface area (Å²) in [6, 6.07) is 4.82. The van der Waals surface area contributed by atoms with Crippen LogP contribution >= 0.6 is 0 Å². The Hall–Kier alpha value is -1.51. The molecular formula is C8H8O3. The van der Waals surface area contributed by atoms with E-state index in [-0.39, 0.29) is 18.0 Å². The average molecular weight is 152 g/mol. The van der Waals surface area contributed by atoms with Gasteiger partial charge in [-0.25, -0.2) is 0 Å². The smallest absolute Gasteiger partial charge is 0.298 e. The number of benzene rings is 1. The van der Waals surface area contributed by atoms with Crippen LogP contribution in [-0.2, 0) is 4.79 Å². The molecule has 3 nitrogen and oxygen atoms in total. The van der Waals surface area contributed by atoms with Gasteiger partial charge in [-0.1, -0.05) is 6.07 Å². The highest BCUT2D eigenvalue weighted by atomic mass is 16.5. The van der Waals surface area contributed by atoms with Gasteiger partial charge in [0.15, 0.2) is 11.5 Å². The van der Waals surface area contributed by atoms with E-state index in [2.05, 4.69) is 4.74 Å². The van der Waals surface area contributed by atoms with E-state index in [0.717, 1.165) is 5.56 Å². The van der Waals surface area contributed by atoms with Gasteiger partial charge in [-0.3, -0.25) is 4.79 Å². The van der Waals surface area contributed by atoms with Crippen LogP contribution in [0.15, 0.2) is 18.2 Å². The highest BCUT2D eigenvalue weighted by Crippen LogP contribution is 2.25. The molecule has 0 radical (unpaired) electrons. The average Bonchev–Trinajstić information content (AvgIpc) is 1.95. The minimum absolute atomic E-state index is 0.0166. The van der Waals surface area contributed by atoms with Gasteiger partial charge < -0.3 is 9.84 Å². The van der Waals surface area contributed by atoms with Gasteiger partial charge in [-0.05, 0) is 24.6 Å². The number of aromatic hydroxyl groups is 1. The molecular weight excluding hydrogens is 144 g/mol. The second kappa shape index (κ2) is 3.05. The number of aryl methyl sites for hydroxylation is 1. The van der Waals surface area contributed by atoms with Crippen molar-refractivity contribution < 1.29 is 14.6 Å². The molecule has 0 bridgehead atoms. The predicted octanol–water partition coefficient (Wildman–Crippen LogP) is 1.24. The summed E-state index contributed by atoms with van der Waals surface area (Å²) in [7, 11) is 0. The molecule has 0 aliphatic carbocycles. The van der Waals surface area contributed by atoms with Crippen LogP contribution in [0, 0.1) is 6.92 Å². The fourth-order valence-corrected chi connectivity index (χ4v) is 0.779. The van der Waals surface area contributed by atoms with Crippen molar-refractivity contribution in [1.82, 2.24) is 0 Å². The SMILES string of the molecule is Cc1ccc(OC=O)c(O)c1. The van der Waals surface area contributed by atoms with E-state index < -0.39 is 0 Å². The van der Waals surface area contributed by atoms with E-state index in [1.165, 1.54) is 6.07 Å². The maximum absolute atomic E-state index is 9.88. The lowest BCUT2D eigenvalue weighted by molar-refractivity contribution is -0.120. The largest absolute Gasteiger partial charge is 0.504 e. The van der Waals surface area contributed by atoms with Crippen molar-refractivity contribution in [1.29, 1.82) is 0 Å². The van der Waals surface area contributed by atoms with Gasteiger partial charge in [0.25, 0.3) is 6.47 Å². The first-order chi connectivity index (χ1) is 5.24. The number of phenols is 1. The Labute approximate surface area is 64.2 Å². The molecule has 0 aliphatic heterocycles. The highest BCUT2D eigenvalue weighted by molar-refractivity contribution is 5.51. The third-order valence-electron chi connectivity index (χ3n) is 1.29. The first kappa shape index (κ1) is 7.60. The van der Waals surface area contributed by atoms with E-state index in [9.17, 15) is 4.79 Å². The second-order valence-corrected chi connectivity index (χ2v) is 2.19. The molecule has 0 saturated heterocycles. The topological polar surface area (TPSA) is 46.5 Å². The molecule has 0 aliphatic rings. The fraction of sp³-hybridized carbons (Fsp3) is 0.125. The Morgan fingerprint density at radius 3 is 2.82 bits per heavy atom. The molecule has 0 saturated carbocycles. The third kappa shape index (κ3) is 1.70. The zero-order valence-electron chi connectivity index (χ0n) is 6.07. The molecule has 0 fully saturated rings. The quantitative estimate of drug-likeness (QED) is 0.648. The van der Waals surface area contributed by atoms with Crippen molar-refractivity contribution in [2.75, 3.05) is 0 Å². The Kier molecular flexibility index (Phi) is 2.11. The lowest BCUT2D eigenvalue weighted by Gasteiger charge is -2.00. The monoisotopic (exact) mass is 152 g/mol. The van der Waals surface area contributed by atoms with Crippen molar-refractivity contribution in [2.45, 2.75) is 6.92 Å². The summed E-state index contributed by atoms with van der Waals surface area (Å²) < 4.78 is 4.46. The minimum Gasteiger partial charge on any atom is -0.504 e. The standard InChI is InChI=1S/C8H8O3/c1-6-2-3-8(11-5-9)7(10)4-6/h2-5,10H,1H3. The Morgan fingerprint density at radius 1 is 1.55 bits per heavy atom. The Balaban J connectivity index is 2.98. The van der Waals surface area contributed by atoms with E-state index >= 15 is 0 Å². The minimum atomic E-state index is -0.0166. The first-order valence-electron chi connectivity index (χ1n) is 3.14. The van der Waals surface area contributed by atoms with E-state index in [1.807, 2.05) is 6.92 Å². The predicted molar refractivity (Wildman–Crippen MR) is 39.5 cm³/mol. The Morgan fingerprint density at radius 2 is 2.27 bits per heavy atom. The normalized spacial score (nSPS) is 9.18. The Bertz CT molecular complexity index is 268. The van der Waals surface area contributed by atoms with Gasteiger partial charge in [-0.15, -0.1) is 0 Å². The molecule has 0 spiro atoms. The molecule has 0 aromatic heterocycles. The molecule has 0 unspecified atom stereocenters. The number of carbonyl (C=O) groups is 1. The fourth-order valence-electron chi connectivity index (χ4n) is 0.779. The van der Waals surface area contributed by atoms with Gasteiger partial charge >= 0.3 is 0 Å². The molecule has 0 amide bonds. The van der Waals surface area contributed by atoms with Crippen LogP contribution in [0.25, 0.3) is 0 Å². The van der Waals surface area contributed by atoms with Crippen LogP contribution in [0.2, 0.25) is 0 Å². The lowest BCUT2D eigenvalue weighted by Crippen LogP contribution is -1.88. The summed E-state index contributed by atoms with van der Waals surface area (Å²) >= 11 is 0. The number of rotatable bonds is 2. The van der Waals surface area contributed by atoms with Crippen molar-refractivity contribution in [3.63, 3.8) is 0 Å². The van der Waals surface area contributed by atoms with Crippen LogP contribution in [0.1, 0.15) is 5.56 Å². The first-order valence-corrected chi connectivity index (χ1v) is 3.14. The van der Waals surface area contributed by atoms with E-state index in [0.29, 0.717) is 0 Å². The van der Waals surface area contributed by atoms with E-state index in [4.69, 9.17) is 5.11 Å². The van der Waals surface area contributed by atoms with E-state index in [1.54, 1.807) is 12.1 Å². The lowest BCUT2D eigenvalue weighted by atomic mass is 10.2. The highest BCUT2D eigenvalue weighted by Gasteiger charge is 1.99. The van der Waals surface area contributed by atoms with Gasteiger partial charge in [0.05, 0.1) is 0 Å². The summed E-state index contributed by atoms with van der Waals surface area (Å²) in [5.41, 5.74) is 0.917. The van der Waals surface area contributed by atoms with Crippen LogP contribution in [0.5, 0.6) is 11.5 Å². The third-order valence-corrected chi connectivity index (χ3v) is 1.29. The van der Waals surface area contributed by atoms with Crippen molar-refractivity contribution in [2.24, 2.45) is 0 Å². The number of carbonyl (C=O) groups excluding carboxylic acids is 1. The van der Waals surface area contributed by atoms with Crippen molar-refractivity contribution in [3.8, 4) is 11.5 Å². The number of hydrogen-bond acceptors (Lipinski definition) is 3. The van der Waals surface area contributed by atoms with Crippen molar-refractivity contribution >= 4 is 6.47 Å². The summed E-state index contributed by atoms with van der Waals surface area (Å²) in [5.74, 6) is 0.169. The molecule has 0 atom stereocenters. The summed E-state index contributed by atoms with van der Waals surface area (Å²) in [5, 5.41) is 9.14. The zero-order chi connectivity index (χ0) is 8.27. The summed E-state index contributed by atoms with van der Waals surface area (Å²) in [4.78, 5) is 9.88. The second-order valence-electron chi connectivity index (χ2n) is 2.19. The van der Waals surface area contributed by atoms with Gasteiger partial charge in [-0.2, -0.15) is 0 Å². The molecule has 11 heavy (non-hydrogen) atoms. The molecule has 1 rings (SSSR count).